The van der Waals surface area contributed by atoms with Gasteiger partial charge in [-0.25, -0.2) is 0 Å². The number of unbranched alkanes of at least 4 members (excludes halogenated alkanes) is 10. The van der Waals surface area contributed by atoms with Gasteiger partial charge in [0.1, 0.15) is 0 Å². The Morgan fingerprint density at radius 1 is 0.346 bits per heavy atom. The second-order valence-electron chi connectivity index (χ2n) is 8.97. The van der Waals surface area contributed by atoms with E-state index in [1.807, 2.05) is 0 Å². The number of hydrogen-bond acceptors (Lipinski definition) is 0. The highest BCUT2D eigenvalue weighted by Crippen LogP contribution is 2.25. The molecule has 0 aliphatic carbocycles. The molecule has 0 heterocycles. The average molecular weight is 367 g/mol. The zero-order valence-electron chi connectivity index (χ0n) is 19.3. The molecule has 0 aliphatic heterocycles. The monoisotopic (exact) mass is 366 g/mol. The smallest absolute Gasteiger partial charge is 0.0414 e. The van der Waals surface area contributed by atoms with Crippen LogP contribution in [0.4, 0.5) is 0 Å². The molecule has 1 atom stereocenters. The second-order valence-corrected chi connectivity index (χ2v) is 8.97. The summed E-state index contributed by atoms with van der Waals surface area (Å²) >= 11 is 0. The van der Waals surface area contributed by atoms with Gasteiger partial charge in [-0.3, -0.25) is 0 Å². The van der Waals surface area contributed by atoms with Gasteiger partial charge in [0.25, 0.3) is 0 Å². The lowest BCUT2D eigenvalue weighted by atomic mass is 9.88. The van der Waals surface area contributed by atoms with Crippen molar-refractivity contribution in [3.05, 3.63) is 0 Å². The van der Waals surface area contributed by atoms with E-state index >= 15 is 0 Å². The molecule has 1 unspecified atom stereocenters. The molecule has 0 spiro atoms. The van der Waals surface area contributed by atoms with Crippen LogP contribution in [0.3, 0.4) is 0 Å². The summed E-state index contributed by atoms with van der Waals surface area (Å²) in [7, 11) is 0. The standard InChI is InChI=1S/C26H54/c1-5-9-10-11-12-13-14-15-16-17-18-22-25(8-4)23-19-24-26(20-6-2)21-7-3/h25-26H,5-24H2,1-4H3. The first kappa shape index (κ1) is 26.0. The van der Waals surface area contributed by atoms with Crippen molar-refractivity contribution in [1.82, 2.24) is 0 Å². The summed E-state index contributed by atoms with van der Waals surface area (Å²) in [6, 6.07) is 0. The summed E-state index contributed by atoms with van der Waals surface area (Å²) in [5.41, 5.74) is 0. The van der Waals surface area contributed by atoms with Crippen molar-refractivity contribution < 1.29 is 0 Å². The van der Waals surface area contributed by atoms with Gasteiger partial charge in [0, 0.05) is 0 Å². The van der Waals surface area contributed by atoms with Gasteiger partial charge in [0.05, 0.1) is 0 Å². The van der Waals surface area contributed by atoms with Crippen LogP contribution in [0, 0.1) is 11.8 Å². The van der Waals surface area contributed by atoms with E-state index in [1.165, 1.54) is 128 Å². The van der Waals surface area contributed by atoms with Gasteiger partial charge in [0.2, 0.25) is 0 Å². The zero-order valence-corrected chi connectivity index (χ0v) is 19.3. The van der Waals surface area contributed by atoms with Crippen molar-refractivity contribution in [2.45, 2.75) is 156 Å². The molecule has 0 amide bonds. The van der Waals surface area contributed by atoms with Gasteiger partial charge < -0.3 is 0 Å². The van der Waals surface area contributed by atoms with E-state index in [-0.39, 0.29) is 0 Å². The normalized spacial score (nSPS) is 12.8. The molecule has 0 saturated heterocycles. The third-order valence-electron chi connectivity index (χ3n) is 6.41. The summed E-state index contributed by atoms with van der Waals surface area (Å²) in [6.07, 6.45) is 29.2. The van der Waals surface area contributed by atoms with Crippen LogP contribution in [0.15, 0.2) is 0 Å². The van der Waals surface area contributed by atoms with Crippen LogP contribution < -0.4 is 0 Å². The molecule has 0 aromatic rings. The van der Waals surface area contributed by atoms with Gasteiger partial charge >= 0.3 is 0 Å². The molecule has 26 heavy (non-hydrogen) atoms. The molecule has 0 aromatic carbocycles. The molecule has 158 valence electrons. The quantitative estimate of drug-likeness (QED) is 0.177. The Hall–Kier alpha value is 0. The van der Waals surface area contributed by atoms with Gasteiger partial charge in [0.15, 0.2) is 0 Å². The summed E-state index contributed by atoms with van der Waals surface area (Å²) in [4.78, 5) is 0. The summed E-state index contributed by atoms with van der Waals surface area (Å²) < 4.78 is 0. The Balaban J connectivity index is 3.49. The maximum atomic E-state index is 2.42. The van der Waals surface area contributed by atoms with Crippen LogP contribution in [-0.4, -0.2) is 0 Å². The molecule has 0 heteroatoms. The van der Waals surface area contributed by atoms with Crippen LogP contribution in [0.2, 0.25) is 0 Å². The van der Waals surface area contributed by atoms with Crippen molar-refractivity contribution in [3.8, 4) is 0 Å². The lowest BCUT2D eigenvalue weighted by Gasteiger charge is -2.18. The van der Waals surface area contributed by atoms with Crippen molar-refractivity contribution in [2.75, 3.05) is 0 Å². The highest BCUT2D eigenvalue weighted by Gasteiger charge is 2.10. The fourth-order valence-electron chi connectivity index (χ4n) is 4.59. The van der Waals surface area contributed by atoms with E-state index < -0.39 is 0 Å². The average Bonchev–Trinajstić information content (AvgIpc) is 2.65. The van der Waals surface area contributed by atoms with Gasteiger partial charge in [-0.2, -0.15) is 0 Å². The number of rotatable bonds is 21. The second kappa shape index (κ2) is 21.3. The van der Waals surface area contributed by atoms with Crippen molar-refractivity contribution in [2.24, 2.45) is 11.8 Å². The van der Waals surface area contributed by atoms with Crippen molar-refractivity contribution >= 4 is 0 Å². The predicted octanol–water partition coefficient (Wildman–Crippen LogP) is 10.1. The summed E-state index contributed by atoms with van der Waals surface area (Å²) in [5.74, 6) is 2.03. The van der Waals surface area contributed by atoms with E-state index in [4.69, 9.17) is 0 Å². The van der Waals surface area contributed by atoms with Crippen LogP contribution >= 0.6 is 0 Å². The first-order chi connectivity index (χ1) is 12.8. The largest absolute Gasteiger partial charge is 0.0654 e. The fraction of sp³-hybridized carbons (Fsp3) is 1.00. The Bertz CT molecular complexity index is 238. The fourth-order valence-corrected chi connectivity index (χ4v) is 4.59. The SMILES string of the molecule is CCCCCCCCCCCCCC(CC)CCCC(CCC)CCC. The molecule has 0 radical (unpaired) electrons. The van der Waals surface area contributed by atoms with Crippen LogP contribution in [0.5, 0.6) is 0 Å². The summed E-state index contributed by atoms with van der Waals surface area (Å²) in [5, 5.41) is 0. The molecule has 0 aromatic heterocycles. The number of hydrogen-bond donors (Lipinski definition) is 0. The van der Waals surface area contributed by atoms with Crippen molar-refractivity contribution in [1.29, 1.82) is 0 Å². The highest BCUT2D eigenvalue weighted by atomic mass is 14.2. The Labute approximate surface area is 168 Å². The zero-order chi connectivity index (χ0) is 19.3. The molecule has 0 fully saturated rings. The first-order valence-electron chi connectivity index (χ1n) is 12.8. The Morgan fingerprint density at radius 2 is 0.769 bits per heavy atom. The maximum Gasteiger partial charge on any atom is -0.0414 e. The van der Waals surface area contributed by atoms with E-state index in [1.54, 1.807) is 0 Å². The maximum absolute atomic E-state index is 2.42. The third-order valence-corrected chi connectivity index (χ3v) is 6.41. The van der Waals surface area contributed by atoms with Gasteiger partial charge in [-0.15, -0.1) is 0 Å². The molecule has 0 N–H and O–H groups in total. The highest BCUT2D eigenvalue weighted by molar-refractivity contribution is 4.63. The lowest BCUT2D eigenvalue weighted by molar-refractivity contribution is 0.348. The van der Waals surface area contributed by atoms with Gasteiger partial charge in [-0.1, -0.05) is 156 Å². The molecule has 0 nitrogen and oxygen atoms in total. The van der Waals surface area contributed by atoms with Crippen molar-refractivity contribution in [3.63, 3.8) is 0 Å². The predicted molar refractivity (Wildman–Crippen MR) is 122 cm³/mol. The molecular weight excluding hydrogens is 312 g/mol. The summed E-state index contributed by atoms with van der Waals surface area (Å²) in [6.45, 7) is 9.42. The Kier molecular flexibility index (Phi) is 21.3. The van der Waals surface area contributed by atoms with Crippen LogP contribution in [-0.2, 0) is 0 Å². The van der Waals surface area contributed by atoms with E-state index in [0.717, 1.165) is 11.8 Å². The first-order valence-corrected chi connectivity index (χ1v) is 12.8. The third kappa shape index (κ3) is 17.4. The van der Waals surface area contributed by atoms with Gasteiger partial charge in [-0.05, 0) is 11.8 Å². The molecular formula is C26H54. The topological polar surface area (TPSA) is 0 Å². The van der Waals surface area contributed by atoms with E-state index in [2.05, 4.69) is 27.7 Å². The lowest BCUT2D eigenvalue weighted by Crippen LogP contribution is -2.03. The van der Waals surface area contributed by atoms with E-state index in [0.29, 0.717) is 0 Å². The minimum atomic E-state index is 1.01. The minimum absolute atomic E-state index is 1.01. The van der Waals surface area contributed by atoms with E-state index in [9.17, 15) is 0 Å². The van der Waals surface area contributed by atoms with Crippen LogP contribution in [0.1, 0.15) is 156 Å². The molecule has 0 bridgehead atoms. The van der Waals surface area contributed by atoms with Crippen LogP contribution in [0.25, 0.3) is 0 Å². The molecule has 0 rings (SSSR count). The Morgan fingerprint density at radius 3 is 1.23 bits per heavy atom. The minimum Gasteiger partial charge on any atom is -0.0654 e. The molecule has 0 saturated carbocycles. The molecule has 0 aliphatic rings.